The number of hydrogen-bond acceptors (Lipinski definition) is 6. The fourth-order valence-corrected chi connectivity index (χ4v) is 4.23. The molecule has 0 atom stereocenters. The van der Waals surface area contributed by atoms with Crippen molar-refractivity contribution in [3.8, 4) is 5.75 Å². The van der Waals surface area contributed by atoms with Crippen LogP contribution in [0.1, 0.15) is 53.2 Å². The van der Waals surface area contributed by atoms with E-state index in [2.05, 4.69) is 4.98 Å². The van der Waals surface area contributed by atoms with Gasteiger partial charge in [0.2, 0.25) is 5.91 Å². The van der Waals surface area contributed by atoms with Gasteiger partial charge in [0, 0.05) is 30.8 Å². The average Bonchev–Trinajstić information content (AvgIpc) is 3.18. The summed E-state index contributed by atoms with van der Waals surface area (Å²) in [6.45, 7) is 3.50. The maximum Gasteiger partial charge on any atom is 0.357 e. The van der Waals surface area contributed by atoms with Crippen molar-refractivity contribution in [2.75, 3.05) is 19.7 Å². The third-order valence-electron chi connectivity index (χ3n) is 4.80. The summed E-state index contributed by atoms with van der Waals surface area (Å²) in [5, 5.41) is 12.5. The molecule has 1 saturated heterocycles. The summed E-state index contributed by atoms with van der Waals surface area (Å²) < 4.78 is 4.98. The molecule has 0 saturated carbocycles. The number of carbonyl (C=O) groups excluding carboxylic acids is 2. The number of amides is 1. The van der Waals surface area contributed by atoms with Crippen LogP contribution >= 0.6 is 11.3 Å². The van der Waals surface area contributed by atoms with Gasteiger partial charge in [0.05, 0.1) is 11.6 Å². The lowest BCUT2D eigenvalue weighted by molar-refractivity contribution is -0.132. The number of ether oxygens (including phenoxy) is 1. The number of hydrogen-bond donors (Lipinski definition) is 1. The van der Waals surface area contributed by atoms with Crippen LogP contribution in [0.25, 0.3) is 0 Å². The molecule has 0 radical (unpaired) electrons. The van der Waals surface area contributed by atoms with E-state index in [1.807, 2.05) is 17.0 Å². The number of aromatic nitrogens is 1. The Kier molecular flexibility index (Phi) is 6.45. The summed E-state index contributed by atoms with van der Waals surface area (Å²) >= 11 is 1.49. The van der Waals surface area contributed by atoms with Gasteiger partial charge in [-0.1, -0.05) is 18.2 Å². The van der Waals surface area contributed by atoms with Crippen molar-refractivity contribution in [2.45, 2.75) is 38.5 Å². The Morgan fingerprint density at radius 1 is 1.30 bits per heavy atom. The van der Waals surface area contributed by atoms with E-state index < -0.39 is 0 Å². The molecule has 6 nitrogen and oxygen atoms in total. The number of esters is 1. The first-order valence-electron chi connectivity index (χ1n) is 9.25. The maximum atomic E-state index is 12.5. The Morgan fingerprint density at radius 3 is 2.74 bits per heavy atom. The summed E-state index contributed by atoms with van der Waals surface area (Å²) in [7, 11) is 0. The highest BCUT2D eigenvalue weighted by atomic mass is 32.1. The first kappa shape index (κ1) is 19.4. The van der Waals surface area contributed by atoms with E-state index in [1.165, 1.54) is 11.3 Å². The highest BCUT2D eigenvalue weighted by Gasteiger charge is 2.26. The van der Waals surface area contributed by atoms with Gasteiger partial charge < -0.3 is 14.7 Å². The monoisotopic (exact) mass is 388 g/mol. The van der Waals surface area contributed by atoms with Crippen LogP contribution in [0.3, 0.4) is 0 Å². The minimum absolute atomic E-state index is 0.114. The SMILES string of the molecule is CCOC(=O)c1csc(C2CCN(C(=O)CCc3ccccc3O)CC2)n1. The van der Waals surface area contributed by atoms with Crippen LogP contribution in [0.15, 0.2) is 29.6 Å². The number of aryl methyl sites for hydroxylation is 1. The highest BCUT2D eigenvalue weighted by molar-refractivity contribution is 7.09. The van der Waals surface area contributed by atoms with E-state index in [0.717, 1.165) is 23.4 Å². The fraction of sp³-hybridized carbons (Fsp3) is 0.450. The van der Waals surface area contributed by atoms with E-state index in [1.54, 1.807) is 24.4 Å². The first-order chi connectivity index (χ1) is 13.1. The Bertz CT molecular complexity index is 797. The quantitative estimate of drug-likeness (QED) is 0.768. The number of thiazole rings is 1. The van der Waals surface area contributed by atoms with Gasteiger partial charge >= 0.3 is 5.97 Å². The zero-order valence-electron chi connectivity index (χ0n) is 15.4. The van der Waals surface area contributed by atoms with Crippen molar-refractivity contribution in [1.29, 1.82) is 0 Å². The third kappa shape index (κ3) is 4.86. The Labute approximate surface area is 162 Å². The summed E-state index contributed by atoms with van der Waals surface area (Å²) in [4.78, 5) is 30.5. The first-order valence-corrected chi connectivity index (χ1v) is 10.1. The zero-order chi connectivity index (χ0) is 19.2. The molecule has 1 N–H and O–H groups in total. The van der Waals surface area contributed by atoms with Crippen molar-refractivity contribution >= 4 is 23.2 Å². The van der Waals surface area contributed by atoms with Crippen LogP contribution in [0, 0.1) is 0 Å². The molecule has 1 aliphatic heterocycles. The molecule has 1 aromatic heterocycles. The zero-order valence-corrected chi connectivity index (χ0v) is 16.2. The molecule has 0 bridgehead atoms. The molecule has 2 heterocycles. The van der Waals surface area contributed by atoms with E-state index in [9.17, 15) is 14.7 Å². The Morgan fingerprint density at radius 2 is 2.04 bits per heavy atom. The van der Waals surface area contributed by atoms with Crippen LogP contribution in [-0.2, 0) is 16.0 Å². The molecular formula is C20H24N2O4S. The molecule has 0 unspecified atom stereocenters. The number of carbonyl (C=O) groups is 2. The smallest absolute Gasteiger partial charge is 0.357 e. The molecule has 144 valence electrons. The molecule has 1 fully saturated rings. The second-order valence-electron chi connectivity index (χ2n) is 6.58. The molecule has 27 heavy (non-hydrogen) atoms. The lowest BCUT2D eigenvalue weighted by Crippen LogP contribution is -2.38. The van der Waals surface area contributed by atoms with Crippen molar-refractivity contribution < 1.29 is 19.4 Å². The van der Waals surface area contributed by atoms with Crippen LogP contribution in [0.5, 0.6) is 5.75 Å². The van der Waals surface area contributed by atoms with Crippen LogP contribution in [0.2, 0.25) is 0 Å². The second-order valence-corrected chi connectivity index (χ2v) is 7.46. The number of nitrogens with zero attached hydrogens (tertiary/aromatic N) is 2. The van der Waals surface area contributed by atoms with Gasteiger partial charge in [-0.15, -0.1) is 11.3 Å². The number of piperidine rings is 1. The van der Waals surface area contributed by atoms with Crippen molar-refractivity contribution in [1.82, 2.24) is 9.88 Å². The topological polar surface area (TPSA) is 79.7 Å². The van der Waals surface area contributed by atoms with Gasteiger partial charge in [-0.3, -0.25) is 4.79 Å². The fourth-order valence-electron chi connectivity index (χ4n) is 3.27. The van der Waals surface area contributed by atoms with Crippen LogP contribution < -0.4 is 0 Å². The molecule has 1 amide bonds. The lowest BCUT2D eigenvalue weighted by Gasteiger charge is -2.31. The van der Waals surface area contributed by atoms with Gasteiger partial charge in [0.1, 0.15) is 5.75 Å². The molecule has 7 heteroatoms. The van der Waals surface area contributed by atoms with E-state index in [-0.39, 0.29) is 23.5 Å². The molecule has 3 rings (SSSR count). The normalized spacial score (nSPS) is 14.9. The van der Waals surface area contributed by atoms with E-state index in [0.29, 0.717) is 38.2 Å². The molecule has 2 aromatic rings. The minimum atomic E-state index is -0.378. The highest BCUT2D eigenvalue weighted by Crippen LogP contribution is 2.31. The molecule has 0 aliphatic carbocycles. The molecule has 1 aromatic carbocycles. The number of para-hydroxylation sites is 1. The van der Waals surface area contributed by atoms with Crippen LogP contribution in [-0.4, -0.2) is 46.6 Å². The van der Waals surface area contributed by atoms with Gasteiger partial charge in [-0.2, -0.15) is 0 Å². The van der Waals surface area contributed by atoms with Crippen molar-refractivity contribution in [3.63, 3.8) is 0 Å². The maximum absolute atomic E-state index is 12.5. The van der Waals surface area contributed by atoms with Gasteiger partial charge in [-0.05, 0) is 37.8 Å². The number of phenolic OH excluding ortho intramolecular Hbond substituents is 1. The number of aromatic hydroxyl groups is 1. The van der Waals surface area contributed by atoms with E-state index in [4.69, 9.17) is 4.74 Å². The number of rotatable bonds is 6. The Balaban J connectivity index is 1.49. The standard InChI is InChI=1S/C20H24N2O4S/c1-2-26-20(25)16-13-27-19(21-16)15-9-11-22(12-10-15)18(24)8-7-14-5-3-4-6-17(14)23/h3-6,13,15,23H,2,7-12H2,1H3. The third-order valence-corrected chi connectivity index (χ3v) is 5.81. The minimum Gasteiger partial charge on any atom is -0.508 e. The van der Waals surface area contributed by atoms with Gasteiger partial charge in [-0.25, -0.2) is 9.78 Å². The van der Waals surface area contributed by atoms with Crippen molar-refractivity contribution in [3.05, 3.63) is 45.9 Å². The van der Waals surface area contributed by atoms with Crippen LogP contribution in [0.4, 0.5) is 0 Å². The predicted octanol–water partition coefficient (Wildman–Crippen LogP) is 3.36. The van der Waals surface area contributed by atoms with Gasteiger partial charge in [0.15, 0.2) is 5.69 Å². The number of phenols is 1. The lowest BCUT2D eigenvalue weighted by atomic mass is 9.97. The second kappa shape index (κ2) is 8.99. The summed E-state index contributed by atoms with van der Waals surface area (Å²) in [6, 6.07) is 7.13. The average molecular weight is 388 g/mol. The summed E-state index contributed by atoms with van der Waals surface area (Å²) in [5.74, 6) is 0.255. The predicted molar refractivity (Wildman–Crippen MR) is 103 cm³/mol. The van der Waals surface area contributed by atoms with E-state index >= 15 is 0 Å². The number of likely N-dealkylation sites (tertiary alicyclic amines) is 1. The summed E-state index contributed by atoms with van der Waals surface area (Å²) in [6.07, 6.45) is 2.63. The molecule has 1 aliphatic rings. The molecule has 0 spiro atoms. The largest absolute Gasteiger partial charge is 0.508 e. The summed E-state index contributed by atoms with van der Waals surface area (Å²) in [5.41, 5.74) is 1.17. The Hall–Kier alpha value is -2.41. The molecular weight excluding hydrogens is 364 g/mol. The van der Waals surface area contributed by atoms with Gasteiger partial charge in [0.25, 0.3) is 0 Å². The number of benzene rings is 1. The van der Waals surface area contributed by atoms with Crippen molar-refractivity contribution in [2.24, 2.45) is 0 Å².